The maximum atomic E-state index is 11.3. The zero-order chi connectivity index (χ0) is 11.6. The van der Waals surface area contributed by atoms with Crippen molar-refractivity contribution >= 4 is 30.4 Å². The number of carbonyl (C=O) groups excluding carboxylic acids is 1. The SMILES string of the molecule is CCOP(O)(=S)N1CC(NC(=O)O)C1=O. The molecule has 0 aromatic heterocycles. The first-order valence-electron chi connectivity index (χ1n) is 4.17. The van der Waals surface area contributed by atoms with E-state index in [0.717, 1.165) is 4.67 Å². The van der Waals surface area contributed by atoms with Crippen LogP contribution in [0.3, 0.4) is 0 Å². The van der Waals surface area contributed by atoms with E-state index >= 15 is 0 Å². The van der Waals surface area contributed by atoms with Crippen LogP contribution < -0.4 is 5.32 Å². The molecule has 0 aromatic carbocycles. The molecule has 7 nitrogen and oxygen atoms in total. The summed E-state index contributed by atoms with van der Waals surface area (Å²) in [4.78, 5) is 31.2. The van der Waals surface area contributed by atoms with Gasteiger partial charge in [0.05, 0.1) is 13.2 Å². The van der Waals surface area contributed by atoms with Gasteiger partial charge < -0.3 is 19.8 Å². The summed E-state index contributed by atoms with van der Waals surface area (Å²) in [5.41, 5.74) is 0. The Kier molecular flexibility index (Phi) is 3.67. The van der Waals surface area contributed by atoms with Crippen LogP contribution in [0.25, 0.3) is 0 Å². The Morgan fingerprint density at radius 3 is 2.87 bits per heavy atom. The number of hydrogen-bond acceptors (Lipinski definition) is 4. The van der Waals surface area contributed by atoms with E-state index in [9.17, 15) is 14.5 Å². The Labute approximate surface area is 91.2 Å². The van der Waals surface area contributed by atoms with Gasteiger partial charge in [-0.3, -0.25) is 9.46 Å². The topological polar surface area (TPSA) is 99.1 Å². The van der Waals surface area contributed by atoms with E-state index < -0.39 is 24.7 Å². The largest absolute Gasteiger partial charge is 0.465 e. The summed E-state index contributed by atoms with van der Waals surface area (Å²) in [6.45, 7) is -1.34. The minimum absolute atomic E-state index is 0.0545. The normalized spacial score (nSPS) is 24.3. The van der Waals surface area contributed by atoms with Crippen LogP contribution in [0.15, 0.2) is 0 Å². The smallest absolute Gasteiger partial charge is 0.405 e. The van der Waals surface area contributed by atoms with E-state index in [4.69, 9.17) is 21.4 Å². The van der Waals surface area contributed by atoms with Crippen molar-refractivity contribution in [2.45, 2.75) is 13.0 Å². The van der Waals surface area contributed by atoms with Crippen LogP contribution in [0, 0.1) is 0 Å². The minimum atomic E-state index is -3.25. The Morgan fingerprint density at radius 2 is 2.47 bits per heavy atom. The van der Waals surface area contributed by atoms with Crippen LogP contribution in [0.4, 0.5) is 4.79 Å². The molecule has 0 saturated carbocycles. The fourth-order valence-corrected chi connectivity index (χ4v) is 3.12. The fourth-order valence-electron chi connectivity index (χ4n) is 1.13. The van der Waals surface area contributed by atoms with Crippen molar-refractivity contribution in [2.24, 2.45) is 0 Å². The van der Waals surface area contributed by atoms with Crippen LogP contribution in [-0.4, -0.2) is 45.9 Å². The quantitative estimate of drug-likeness (QED) is 0.471. The molecule has 1 heterocycles. The summed E-state index contributed by atoms with van der Waals surface area (Å²) in [5.74, 6) is -0.545. The van der Waals surface area contributed by atoms with E-state index in [1.54, 1.807) is 6.92 Å². The first-order chi connectivity index (χ1) is 6.88. The third-order valence-electron chi connectivity index (χ3n) is 1.81. The molecule has 86 valence electrons. The second-order valence-corrected chi connectivity index (χ2v) is 5.98. The predicted molar refractivity (Wildman–Crippen MR) is 54.8 cm³/mol. The van der Waals surface area contributed by atoms with Gasteiger partial charge in [0.25, 0.3) is 12.5 Å². The molecule has 0 spiro atoms. The van der Waals surface area contributed by atoms with Crippen molar-refractivity contribution in [3.63, 3.8) is 0 Å². The highest BCUT2D eigenvalue weighted by atomic mass is 32.5. The van der Waals surface area contributed by atoms with Gasteiger partial charge in [0.2, 0.25) is 0 Å². The average Bonchev–Trinajstić information content (AvgIpc) is 2.10. The lowest BCUT2D eigenvalue weighted by Gasteiger charge is -2.41. The number of β-lactam (4-membered cyclic amide) rings is 1. The first kappa shape index (κ1) is 12.4. The van der Waals surface area contributed by atoms with Gasteiger partial charge in [-0.15, -0.1) is 0 Å². The number of hydrogen-bond donors (Lipinski definition) is 3. The maximum Gasteiger partial charge on any atom is 0.405 e. The van der Waals surface area contributed by atoms with E-state index in [2.05, 4.69) is 0 Å². The number of carbonyl (C=O) groups is 2. The van der Waals surface area contributed by atoms with Crippen molar-refractivity contribution < 1.29 is 24.1 Å². The Bertz CT molecular complexity index is 335. The lowest BCUT2D eigenvalue weighted by atomic mass is 10.2. The molecular formula is C6H11N2O5PS. The number of nitrogens with one attached hydrogen (secondary N) is 1. The Hall–Kier alpha value is -0.690. The molecule has 1 aliphatic heterocycles. The molecule has 0 bridgehead atoms. The highest BCUT2D eigenvalue weighted by molar-refractivity contribution is 8.08. The molecule has 1 saturated heterocycles. The predicted octanol–water partition coefficient (Wildman–Crippen LogP) is -0.282. The number of carboxylic acid groups (broad SMARTS) is 1. The number of nitrogens with zero attached hydrogens (tertiary/aromatic N) is 1. The molecule has 2 unspecified atom stereocenters. The lowest BCUT2D eigenvalue weighted by molar-refractivity contribution is -0.137. The highest BCUT2D eigenvalue weighted by Gasteiger charge is 2.45. The van der Waals surface area contributed by atoms with Crippen LogP contribution in [0.5, 0.6) is 0 Å². The highest BCUT2D eigenvalue weighted by Crippen LogP contribution is 2.49. The summed E-state index contributed by atoms with van der Waals surface area (Å²) in [7, 11) is 0. The van der Waals surface area contributed by atoms with Gasteiger partial charge in [0, 0.05) is 0 Å². The lowest BCUT2D eigenvalue weighted by Crippen LogP contribution is -2.62. The van der Waals surface area contributed by atoms with Crippen molar-refractivity contribution in [1.82, 2.24) is 9.99 Å². The average molecular weight is 254 g/mol. The van der Waals surface area contributed by atoms with Crippen molar-refractivity contribution in [3.8, 4) is 0 Å². The monoisotopic (exact) mass is 254 g/mol. The third kappa shape index (κ3) is 2.66. The van der Waals surface area contributed by atoms with Gasteiger partial charge in [-0.05, 0) is 18.7 Å². The van der Waals surface area contributed by atoms with Crippen molar-refractivity contribution in [2.75, 3.05) is 13.2 Å². The van der Waals surface area contributed by atoms with Gasteiger partial charge >= 0.3 is 6.09 Å². The molecule has 0 radical (unpaired) electrons. The van der Waals surface area contributed by atoms with Gasteiger partial charge in [-0.2, -0.15) is 0 Å². The van der Waals surface area contributed by atoms with E-state index in [-0.39, 0.29) is 13.2 Å². The molecule has 1 fully saturated rings. The van der Waals surface area contributed by atoms with E-state index in [1.165, 1.54) is 0 Å². The minimum Gasteiger partial charge on any atom is -0.465 e. The van der Waals surface area contributed by atoms with Gasteiger partial charge in [-0.1, -0.05) is 0 Å². The second-order valence-electron chi connectivity index (χ2n) is 2.83. The maximum absolute atomic E-state index is 11.3. The Balaban J connectivity index is 2.55. The molecule has 2 atom stereocenters. The molecule has 0 aromatic rings. The van der Waals surface area contributed by atoms with Crippen LogP contribution in [0.2, 0.25) is 0 Å². The van der Waals surface area contributed by atoms with E-state index in [1.807, 2.05) is 5.32 Å². The molecule has 2 amide bonds. The molecular weight excluding hydrogens is 243 g/mol. The first-order valence-corrected chi connectivity index (χ1v) is 6.79. The zero-order valence-electron chi connectivity index (χ0n) is 7.91. The number of rotatable bonds is 4. The fraction of sp³-hybridized carbons (Fsp3) is 0.667. The number of amides is 2. The zero-order valence-corrected chi connectivity index (χ0v) is 9.62. The van der Waals surface area contributed by atoms with E-state index in [0.29, 0.717) is 0 Å². The second kappa shape index (κ2) is 4.44. The molecule has 1 aliphatic rings. The summed E-state index contributed by atoms with van der Waals surface area (Å²) in [6, 6.07) is -0.822. The molecule has 15 heavy (non-hydrogen) atoms. The van der Waals surface area contributed by atoms with Crippen molar-refractivity contribution in [1.29, 1.82) is 0 Å². The molecule has 3 N–H and O–H groups in total. The van der Waals surface area contributed by atoms with Gasteiger partial charge in [0.15, 0.2) is 0 Å². The molecule has 0 aliphatic carbocycles. The van der Waals surface area contributed by atoms with Crippen LogP contribution >= 0.6 is 6.64 Å². The molecule has 1 rings (SSSR count). The van der Waals surface area contributed by atoms with Crippen molar-refractivity contribution in [3.05, 3.63) is 0 Å². The van der Waals surface area contributed by atoms with Crippen LogP contribution in [0.1, 0.15) is 6.92 Å². The standard InChI is InChI=1S/C6H11N2O5PS/c1-2-13-14(12,15)8-3-4(5(8)9)7-6(10)11/h4,7H,2-3H2,1H3,(H,10,11)(H,12,15). The van der Waals surface area contributed by atoms with Gasteiger partial charge in [-0.25, -0.2) is 4.79 Å². The summed E-state index contributed by atoms with van der Waals surface area (Å²) < 4.78 is 5.86. The summed E-state index contributed by atoms with van der Waals surface area (Å²) in [5, 5.41) is 10.4. The Morgan fingerprint density at radius 1 is 1.87 bits per heavy atom. The van der Waals surface area contributed by atoms with Gasteiger partial charge in [0.1, 0.15) is 6.04 Å². The third-order valence-corrected chi connectivity index (χ3v) is 4.28. The summed E-state index contributed by atoms with van der Waals surface area (Å²) >= 11 is 4.73. The summed E-state index contributed by atoms with van der Waals surface area (Å²) in [6.07, 6.45) is -1.28. The van der Waals surface area contributed by atoms with Crippen LogP contribution in [-0.2, 0) is 21.1 Å². The molecule has 9 heteroatoms.